The van der Waals surface area contributed by atoms with Crippen LogP contribution in [-0.4, -0.2) is 40.9 Å². The number of nitrogens with zero attached hydrogens (tertiary/aromatic N) is 1. The third-order valence-electron chi connectivity index (χ3n) is 6.69. The van der Waals surface area contributed by atoms with E-state index in [9.17, 15) is 9.59 Å². The summed E-state index contributed by atoms with van der Waals surface area (Å²) in [5, 5.41) is 3.02. The van der Waals surface area contributed by atoms with Gasteiger partial charge in [0.2, 0.25) is 5.91 Å². The van der Waals surface area contributed by atoms with Crippen LogP contribution in [0.1, 0.15) is 67.3 Å². The summed E-state index contributed by atoms with van der Waals surface area (Å²) in [6.45, 7) is 0.629. The number of nitrogens with one attached hydrogen (secondary N) is 3. The number of benzene rings is 1. The highest BCUT2D eigenvalue weighted by Crippen LogP contribution is 2.34. The quantitative estimate of drug-likeness (QED) is 0.705. The highest BCUT2D eigenvalue weighted by Gasteiger charge is 2.45. The largest absolute Gasteiger partial charge is 0.349 e. The smallest absolute Gasteiger partial charge is 0.251 e. The highest BCUT2D eigenvalue weighted by atomic mass is 16.2. The van der Waals surface area contributed by atoms with E-state index in [1.165, 1.54) is 12.8 Å². The van der Waals surface area contributed by atoms with Gasteiger partial charge in [0.1, 0.15) is 6.04 Å². The SMILES string of the molecule is O=C(NC1CC1)c1ccc(CN(C(=O)C2NNC3CCCCC32)C2CC2)cc1. The van der Waals surface area contributed by atoms with Crippen LogP contribution in [0.15, 0.2) is 24.3 Å². The molecule has 3 saturated carbocycles. The Balaban J connectivity index is 1.25. The predicted molar refractivity (Wildman–Crippen MR) is 106 cm³/mol. The van der Waals surface area contributed by atoms with Gasteiger partial charge in [0.25, 0.3) is 5.91 Å². The molecule has 1 aromatic carbocycles. The van der Waals surface area contributed by atoms with Crippen molar-refractivity contribution >= 4 is 11.8 Å². The van der Waals surface area contributed by atoms with Gasteiger partial charge in [-0.3, -0.25) is 15.0 Å². The Morgan fingerprint density at radius 2 is 1.71 bits per heavy atom. The summed E-state index contributed by atoms with van der Waals surface area (Å²) in [5.41, 5.74) is 8.46. The van der Waals surface area contributed by atoms with Crippen LogP contribution >= 0.6 is 0 Å². The Hall–Kier alpha value is -1.92. The van der Waals surface area contributed by atoms with Crippen LogP contribution in [0.3, 0.4) is 0 Å². The molecule has 5 rings (SSSR count). The topological polar surface area (TPSA) is 73.5 Å². The molecule has 1 aliphatic heterocycles. The van der Waals surface area contributed by atoms with E-state index >= 15 is 0 Å². The van der Waals surface area contributed by atoms with Gasteiger partial charge in [-0.15, -0.1) is 0 Å². The molecule has 0 radical (unpaired) electrons. The maximum absolute atomic E-state index is 13.3. The summed E-state index contributed by atoms with van der Waals surface area (Å²) in [7, 11) is 0. The summed E-state index contributed by atoms with van der Waals surface area (Å²) >= 11 is 0. The molecule has 3 unspecified atom stereocenters. The van der Waals surface area contributed by atoms with Gasteiger partial charge in [-0.1, -0.05) is 25.0 Å². The first-order valence-electron chi connectivity index (χ1n) is 10.9. The van der Waals surface area contributed by atoms with Crippen LogP contribution in [0.2, 0.25) is 0 Å². The number of fused-ring (bicyclic) bond motifs is 1. The monoisotopic (exact) mass is 382 g/mol. The molecule has 28 heavy (non-hydrogen) atoms. The maximum atomic E-state index is 13.3. The molecule has 3 N–H and O–H groups in total. The van der Waals surface area contributed by atoms with E-state index in [1.807, 2.05) is 24.3 Å². The van der Waals surface area contributed by atoms with E-state index in [1.54, 1.807) is 0 Å². The molecular formula is C22H30N4O2. The van der Waals surface area contributed by atoms with Crippen molar-refractivity contribution in [1.82, 2.24) is 21.1 Å². The van der Waals surface area contributed by atoms with Gasteiger partial charge in [0.15, 0.2) is 0 Å². The fourth-order valence-electron chi connectivity index (χ4n) is 4.69. The molecule has 1 saturated heterocycles. The van der Waals surface area contributed by atoms with Gasteiger partial charge in [-0.2, -0.15) is 0 Å². The first kappa shape index (κ1) is 18.1. The normalized spacial score (nSPS) is 29.2. The van der Waals surface area contributed by atoms with Crippen molar-refractivity contribution in [2.45, 2.75) is 82.1 Å². The van der Waals surface area contributed by atoms with Gasteiger partial charge in [-0.05, 0) is 56.2 Å². The lowest BCUT2D eigenvalue weighted by Crippen LogP contribution is -2.48. The summed E-state index contributed by atoms with van der Waals surface area (Å²) in [4.78, 5) is 27.6. The van der Waals surface area contributed by atoms with Crippen molar-refractivity contribution < 1.29 is 9.59 Å². The Morgan fingerprint density at radius 3 is 2.43 bits per heavy atom. The summed E-state index contributed by atoms with van der Waals surface area (Å²) in [5.74, 6) is 0.657. The van der Waals surface area contributed by atoms with Gasteiger partial charge in [-0.25, -0.2) is 5.43 Å². The molecule has 2 amide bonds. The zero-order chi connectivity index (χ0) is 19.1. The molecular weight excluding hydrogens is 352 g/mol. The lowest BCUT2D eigenvalue weighted by atomic mass is 9.81. The standard InChI is InChI=1S/C22H30N4O2/c27-21(23-16-9-10-16)15-7-5-14(6-8-15)13-26(17-11-12-17)22(28)20-18-3-1-2-4-19(18)24-25-20/h5-8,16-20,24-25H,1-4,9-13H2,(H,23,27). The van der Waals surface area contributed by atoms with E-state index in [-0.39, 0.29) is 17.9 Å². The van der Waals surface area contributed by atoms with Crippen LogP contribution in [-0.2, 0) is 11.3 Å². The van der Waals surface area contributed by atoms with Crippen LogP contribution in [0, 0.1) is 5.92 Å². The predicted octanol–water partition coefficient (Wildman–Crippen LogP) is 2.10. The zero-order valence-corrected chi connectivity index (χ0v) is 16.3. The van der Waals surface area contributed by atoms with Crippen molar-refractivity contribution in [1.29, 1.82) is 0 Å². The molecule has 4 fully saturated rings. The maximum Gasteiger partial charge on any atom is 0.251 e. The Morgan fingerprint density at radius 1 is 0.964 bits per heavy atom. The van der Waals surface area contributed by atoms with E-state index < -0.39 is 0 Å². The molecule has 4 aliphatic rings. The van der Waals surface area contributed by atoms with Gasteiger partial charge >= 0.3 is 0 Å². The number of amides is 2. The number of hydrogen-bond donors (Lipinski definition) is 3. The minimum Gasteiger partial charge on any atom is -0.349 e. The number of rotatable bonds is 6. The fraction of sp³-hybridized carbons (Fsp3) is 0.636. The molecule has 1 heterocycles. The van der Waals surface area contributed by atoms with Crippen LogP contribution < -0.4 is 16.2 Å². The molecule has 0 spiro atoms. The van der Waals surface area contributed by atoms with Crippen LogP contribution in [0.4, 0.5) is 0 Å². The van der Waals surface area contributed by atoms with Crippen LogP contribution in [0.25, 0.3) is 0 Å². The minimum atomic E-state index is -0.102. The third-order valence-corrected chi connectivity index (χ3v) is 6.69. The van der Waals surface area contributed by atoms with Gasteiger partial charge in [0, 0.05) is 36.2 Å². The molecule has 6 heteroatoms. The lowest BCUT2D eigenvalue weighted by Gasteiger charge is -2.31. The molecule has 0 aromatic heterocycles. The molecule has 1 aromatic rings. The van der Waals surface area contributed by atoms with Crippen LogP contribution in [0.5, 0.6) is 0 Å². The fourth-order valence-corrected chi connectivity index (χ4v) is 4.69. The number of carbonyl (C=O) groups excluding carboxylic acids is 2. The highest BCUT2D eigenvalue weighted by molar-refractivity contribution is 5.94. The Bertz CT molecular complexity index is 741. The van der Waals surface area contributed by atoms with Crippen molar-refractivity contribution in [2.75, 3.05) is 0 Å². The summed E-state index contributed by atoms with van der Waals surface area (Å²) in [6, 6.07) is 8.83. The molecule has 150 valence electrons. The van der Waals surface area contributed by atoms with Gasteiger partial charge < -0.3 is 10.2 Å². The number of hydrogen-bond acceptors (Lipinski definition) is 4. The second-order valence-electron chi connectivity index (χ2n) is 8.96. The van der Waals surface area contributed by atoms with E-state index in [0.29, 0.717) is 36.2 Å². The minimum absolute atomic E-state index is 0.00810. The molecule has 6 nitrogen and oxygen atoms in total. The second kappa shape index (κ2) is 7.48. The van der Waals surface area contributed by atoms with E-state index in [4.69, 9.17) is 0 Å². The van der Waals surface area contributed by atoms with Crippen molar-refractivity contribution in [3.05, 3.63) is 35.4 Å². The third kappa shape index (κ3) is 3.80. The lowest BCUT2D eigenvalue weighted by molar-refractivity contribution is -0.135. The Labute approximate surface area is 166 Å². The second-order valence-corrected chi connectivity index (χ2v) is 8.96. The molecule has 3 aliphatic carbocycles. The molecule has 0 bridgehead atoms. The zero-order valence-electron chi connectivity index (χ0n) is 16.3. The van der Waals surface area contributed by atoms with E-state index in [2.05, 4.69) is 21.1 Å². The van der Waals surface area contributed by atoms with E-state index in [0.717, 1.165) is 44.1 Å². The number of carbonyl (C=O) groups is 2. The first-order chi connectivity index (χ1) is 13.7. The number of hydrazine groups is 1. The van der Waals surface area contributed by atoms with Crippen molar-refractivity contribution in [2.24, 2.45) is 5.92 Å². The average Bonchev–Trinajstić information content (AvgIpc) is 3.65. The first-order valence-corrected chi connectivity index (χ1v) is 10.9. The average molecular weight is 383 g/mol. The van der Waals surface area contributed by atoms with Crippen molar-refractivity contribution in [3.63, 3.8) is 0 Å². The summed E-state index contributed by atoms with van der Waals surface area (Å²) < 4.78 is 0. The summed E-state index contributed by atoms with van der Waals surface area (Å²) in [6.07, 6.45) is 9.15. The van der Waals surface area contributed by atoms with Crippen molar-refractivity contribution in [3.8, 4) is 0 Å². The Kier molecular flexibility index (Phi) is 4.85. The van der Waals surface area contributed by atoms with Gasteiger partial charge in [0.05, 0.1) is 0 Å². The molecule has 3 atom stereocenters.